The van der Waals surface area contributed by atoms with Crippen LogP contribution in [0.5, 0.6) is 17.2 Å². The van der Waals surface area contributed by atoms with E-state index in [2.05, 4.69) is 5.32 Å². The average Bonchev–Trinajstić information content (AvgIpc) is 3.01. The number of hydrogen-bond acceptors (Lipinski definition) is 4. The number of anilines is 1. The Hall–Kier alpha value is -2.69. The quantitative estimate of drug-likeness (QED) is 0.922. The van der Waals surface area contributed by atoms with Crippen LogP contribution in [0.2, 0.25) is 0 Å². The predicted molar refractivity (Wildman–Crippen MR) is 82.8 cm³/mol. The van der Waals surface area contributed by atoms with Gasteiger partial charge in [-0.1, -0.05) is 12.1 Å². The summed E-state index contributed by atoms with van der Waals surface area (Å²) in [6.07, 6.45) is 0.872. The average molecular weight is 299 g/mol. The summed E-state index contributed by atoms with van der Waals surface area (Å²) in [6.45, 7) is 0.623. The molecule has 2 aromatic carbocycles. The van der Waals surface area contributed by atoms with Crippen LogP contribution in [0.15, 0.2) is 42.5 Å². The smallest absolute Gasteiger partial charge is 0.262 e. The topological polar surface area (TPSA) is 56.8 Å². The molecule has 0 bridgehead atoms. The summed E-state index contributed by atoms with van der Waals surface area (Å²) in [5.41, 5.74) is 1.86. The van der Waals surface area contributed by atoms with Crippen molar-refractivity contribution in [2.75, 3.05) is 25.6 Å². The summed E-state index contributed by atoms with van der Waals surface area (Å²) in [4.78, 5) is 12.0. The standard InChI is InChI=1S/C17H17NO4/c1-20-15-4-2-3-5-16(15)22-11-17(19)18-13-6-7-14-12(10-13)8-9-21-14/h2-7,10H,8-9,11H2,1H3,(H,18,19). The molecule has 1 heterocycles. The summed E-state index contributed by atoms with van der Waals surface area (Å²) < 4.78 is 16.1. The minimum absolute atomic E-state index is 0.0754. The first-order valence-electron chi connectivity index (χ1n) is 7.07. The van der Waals surface area contributed by atoms with Crippen molar-refractivity contribution >= 4 is 11.6 Å². The number of benzene rings is 2. The van der Waals surface area contributed by atoms with Crippen molar-refractivity contribution in [2.24, 2.45) is 0 Å². The molecule has 2 aromatic rings. The van der Waals surface area contributed by atoms with Gasteiger partial charge in [0.1, 0.15) is 5.75 Å². The van der Waals surface area contributed by atoms with E-state index < -0.39 is 0 Å². The van der Waals surface area contributed by atoms with E-state index in [1.165, 1.54) is 0 Å². The number of hydrogen-bond donors (Lipinski definition) is 1. The first kappa shape index (κ1) is 14.3. The van der Waals surface area contributed by atoms with Gasteiger partial charge in [-0.15, -0.1) is 0 Å². The zero-order valence-electron chi connectivity index (χ0n) is 12.3. The highest BCUT2D eigenvalue weighted by molar-refractivity contribution is 5.92. The van der Waals surface area contributed by atoms with Gasteiger partial charge in [-0.25, -0.2) is 0 Å². The summed E-state index contributed by atoms with van der Waals surface area (Å²) in [6, 6.07) is 12.9. The van der Waals surface area contributed by atoms with E-state index in [1.807, 2.05) is 30.3 Å². The van der Waals surface area contributed by atoms with Gasteiger partial charge in [-0.05, 0) is 35.9 Å². The summed E-state index contributed by atoms with van der Waals surface area (Å²) >= 11 is 0. The van der Waals surface area contributed by atoms with Gasteiger partial charge in [0, 0.05) is 12.1 Å². The molecule has 5 heteroatoms. The van der Waals surface area contributed by atoms with E-state index in [9.17, 15) is 4.79 Å². The van der Waals surface area contributed by atoms with Crippen LogP contribution in [0.3, 0.4) is 0 Å². The van der Waals surface area contributed by atoms with E-state index in [0.717, 1.165) is 23.4 Å². The Kier molecular flexibility index (Phi) is 4.14. The lowest BCUT2D eigenvalue weighted by atomic mass is 10.1. The second-order valence-corrected chi connectivity index (χ2v) is 4.91. The number of ether oxygens (including phenoxy) is 3. The Morgan fingerprint density at radius 2 is 2.05 bits per heavy atom. The molecule has 0 aliphatic carbocycles. The Morgan fingerprint density at radius 1 is 1.23 bits per heavy atom. The Morgan fingerprint density at radius 3 is 2.86 bits per heavy atom. The first-order valence-corrected chi connectivity index (χ1v) is 7.07. The van der Waals surface area contributed by atoms with Crippen LogP contribution in [0.25, 0.3) is 0 Å². The number of nitrogens with one attached hydrogen (secondary N) is 1. The third kappa shape index (κ3) is 3.14. The molecule has 1 aliphatic heterocycles. The lowest BCUT2D eigenvalue weighted by Crippen LogP contribution is -2.20. The molecule has 0 saturated carbocycles. The Labute approximate surface area is 128 Å². The van der Waals surface area contributed by atoms with Crippen LogP contribution in [0.1, 0.15) is 5.56 Å². The maximum atomic E-state index is 12.0. The second-order valence-electron chi connectivity index (χ2n) is 4.91. The molecular weight excluding hydrogens is 282 g/mol. The zero-order chi connectivity index (χ0) is 15.4. The number of carbonyl (C=O) groups is 1. The third-order valence-electron chi connectivity index (χ3n) is 3.40. The molecule has 0 aromatic heterocycles. The van der Waals surface area contributed by atoms with Gasteiger partial charge < -0.3 is 19.5 Å². The normalized spacial score (nSPS) is 12.2. The molecule has 22 heavy (non-hydrogen) atoms. The predicted octanol–water partition coefficient (Wildman–Crippen LogP) is 2.65. The molecule has 114 valence electrons. The van der Waals surface area contributed by atoms with Crippen LogP contribution < -0.4 is 19.5 Å². The molecule has 0 radical (unpaired) electrons. The molecule has 0 unspecified atom stereocenters. The van der Waals surface area contributed by atoms with Crippen LogP contribution in [-0.4, -0.2) is 26.2 Å². The molecular formula is C17H17NO4. The van der Waals surface area contributed by atoms with E-state index >= 15 is 0 Å². The van der Waals surface area contributed by atoms with Crippen molar-refractivity contribution in [3.05, 3.63) is 48.0 Å². The molecule has 0 fully saturated rings. The van der Waals surface area contributed by atoms with Crippen molar-refractivity contribution in [3.63, 3.8) is 0 Å². The number of fused-ring (bicyclic) bond motifs is 1. The number of rotatable bonds is 5. The summed E-state index contributed by atoms with van der Waals surface area (Å²) in [5, 5.41) is 2.82. The lowest BCUT2D eigenvalue weighted by Gasteiger charge is -2.11. The van der Waals surface area contributed by atoms with E-state index in [4.69, 9.17) is 14.2 Å². The van der Waals surface area contributed by atoms with Gasteiger partial charge in [0.05, 0.1) is 13.7 Å². The van der Waals surface area contributed by atoms with Crippen LogP contribution in [0.4, 0.5) is 5.69 Å². The van der Waals surface area contributed by atoms with Gasteiger partial charge in [-0.3, -0.25) is 4.79 Å². The van der Waals surface area contributed by atoms with E-state index in [-0.39, 0.29) is 12.5 Å². The lowest BCUT2D eigenvalue weighted by molar-refractivity contribution is -0.118. The number of amides is 1. The fourth-order valence-corrected chi connectivity index (χ4v) is 2.34. The highest BCUT2D eigenvalue weighted by Gasteiger charge is 2.13. The molecule has 1 aliphatic rings. The molecule has 0 saturated heterocycles. The second kappa shape index (κ2) is 6.39. The minimum atomic E-state index is -0.218. The fourth-order valence-electron chi connectivity index (χ4n) is 2.34. The van der Waals surface area contributed by atoms with Gasteiger partial charge in [-0.2, -0.15) is 0 Å². The summed E-state index contributed by atoms with van der Waals surface area (Å²) in [5.74, 6) is 1.82. The van der Waals surface area contributed by atoms with Crippen LogP contribution in [-0.2, 0) is 11.2 Å². The zero-order valence-corrected chi connectivity index (χ0v) is 12.3. The van der Waals surface area contributed by atoms with Crippen molar-refractivity contribution in [1.29, 1.82) is 0 Å². The molecule has 3 rings (SSSR count). The van der Waals surface area contributed by atoms with Gasteiger partial charge in [0.25, 0.3) is 5.91 Å². The van der Waals surface area contributed by atoms with Crippen molar-refractivity contribution in [3.8, 4) is 17.2 Å². The molecule has 5 nitrogen and oxygen atoms in total. The van der Waals surface area contributed by atoms with Crippen molar-refractivity contribution in [2.45, 2.75) is 6.42 Å². The third-order valence-corrected chi connectivity index (χ3v) is 3.40. The highest BCUT2D eigenvalue weighted by Crippen LogP contribution is 2.28. The number of methoxy groups -OCH3 is 1. The van der Waals surface area contributed by atoms with E-state index in [0.29, 0.717) is 18.1 Å². The van der Waals surface area contributed by atoms with Gasteiger partial charge in [0.15, 0.2) is 18.1 Å². The van der Waals surface area contributed by atoms with Gasteiger partial charge >= 0.3 is 0 Å². The van der Waals surface area contributed by atoms with E-state index in [1.54, 1.807) is 19.2 Å². The van der Waals surface area contributed by atoms with Crippen LogP contribution in [0, 0.1) is 0 Å². The van der Waals surface area contributed by atoms with Crippen molar-refractivity contribution in [1.82, 2.24) is 0 Å². The Bertz CT molecular complexity index is 684. The first-order chi connectivity index (χ1) is 10.8. The minimum Gasteiger partial charge on any atom is -0.493 e. The molecule has 0 spiro atoms. The Balaban J connectivity index is 1.58. The number of para-hydroxylation sites is 2. The fraction of sp³-hybridized carbons (Fsp3) is 0.235. The molecule has 1 amide bonds. The largest absolute Gasteiger partial charge is 0.493 e. The number of carbonyl (C=O) groups excluding carboxylic acids is 1. The van der Waals surface area contributed by atoms with Crippen LogP contribution >= 0.6 is 0 Å². The van der Waals surface area contributed by atoms with Gasteiger partial charge in [0.2, 0.25) is 0 Å². The maximum Gasteiger partial charge on any atom is 0.262 e. The summed E-state index contributed by atoms with van der Waals surface area (Å²) in [7, 11) is 1.56. The SMILES string of the molecule is COc1ccccc1OCC(=O)Nc1ccc2c(c1)CCO2. The molecule has 1 N–H and O–H groups in total. The maximum absolute atomic E-state index is 12.0. The molecule has 0 atom stereocenters. The monoisotopic (exact) mass is 299 g/mol. The van der Waals surface area contributed by atoms with Crippen molar-refractivity contribution < 1.29 is 19.0 Å². The highest BCUT2D eigenvalue weighted by atomic mass is 16.5.